The van der Waals surface area contributed by atoms with Crippen molar-refractivity contribution in [3.63, 3.8) is 0 Å². The molecule has 1 aromatic heterocycles. The molecule has 0 spiro atoms. The van der Waals surface area contributed by atoms with Crippen LogP contribution in [0.1, 0.15) is 35.1 Å². The minimum absolute atomic E-state index is 0.0917. The van der Waals surface area contributed by atoms with Gasteiger partial charge in [0.05, 0.1) is 10.9 Å². The van der Waals surface area contributed by atoms with Crippen molar-refractivity contribution in [3.05, 3.63) is 63.9 Å². The Bertz CT molecular complexity index is 602. The van der Waals surface area contributed by atoms with Crippen LogP contribution < -0.4 is 0 Å². The molecule has 0 radical (unpaired) electrons. The Morgan fingerprint density at radius 3 is 2.21 bits per heavy atom. The number of hydrogen-bond donors (Lipinski definition) is 0. The van der Waals surface area contributed by atoms with Gasteiger partial charge >= 0.3 is 0 Å². The lowest BCUT2D eigenvalue weighted by Gasteiger charge is -2.16. The largest absolute Gasteiger partial charge is 0.299 e. The second kappa shape index (κ2) is 5.54. The summed E-state index contributed by atoms with van der Waals surface area (Å²) in [5, 5.41) is 0.549. The van der Waals surface area contributed by atoms with Crippen LogP contribution in [0.5, 0.6) is 0 Å². The Labute approximate surface area is 118 Å². The van der Waals surface area contributed by atoms with Crippen molar-refractivity contribution in [1.82, 2.24) is 4.98 Å². The van der Waals surface area contributed by atoms with Gasteiger partial charge in [0, 0.05) is 12.4 Å². The minimum atomic E-state index is -0.301. The smallest absolute Gasteiger partial charge is 0.141 e. The van der Waals surface area contributed by atoms with Crippen LogP contribution >= 0.6 is 11.6 Å². The zero-order valence-electron chi connectivity index (χ0n) is 11.3. The zero-order chi connectivity index (χ0) is 14.0. The van der Waals surface area contributed by atoms with Crippen LogP contribution in [0.3, 0.4) is 0 Å². The van der Waals surface area contributed by atoms with Gasteiger partial charge in [-0.25, -0.2) is 0 Å². The van der Waals surface area contributed by atoms with Crippen molar-refractivity contribution >= 4 is 17.4 Å². The van der Waals surface area contributed by atoms with E-state index < -0.39 is 0 Å². The lowest BCUT2D eigenvalue weighted by Crippen LogP contribution is -2.11. The summed E-state index contributed by atoms with van der Waals surface area (Å²) in [6.45, 7) is 5.66. The van der Waals surface area contributed by atoms with Gasteiger partial charge in [-0.15, -0.1) is 0 Å². The predicted molar refractivity (Wildman–Crippen MR) is 77.7 cm³/mol. The third kappa shape index (κ3) is 3.21. The first-order valence-corrected chi connectivity index (χ1v) is 6.54. The molecule has 19 heavy (non-hydrogen) atoms. The van der Waals surface area contributed by atoms with Crippen molar-refractivity contribution in [2.45, 2.75) is 26.7 Å². The number of carbonyl (C=O) groups excluding carboxylic acids is 1. The number of pyridine rings is 1. The molecule has 0 bridgehead atoms. The average Bonchev–Trinajstić information content (AvgIpc) is 2.27. The summed E-state index contributed by atoms with van der Waals surface area (Å²) in [6.07, 6.45) is 3.28. The van der Waals surface area contributed by atoms with Crippen LogP contribution in [0.4, 0.5) is 0 Å². The molecule has 0 fully saturated rings. The number of aromatic nitrogens is 1. The molecule has 0 aliphatic carbocycles. The van der Waals surface area contributed by atoms with E-state index >= 15 is 0 Å². The molecule has 3 heteroatoms. The van der Waals surface area contributed by atoms with Gasteiger partial charge < -0.3 is 0 Å². The van der Waals surface area contributed by atoms with Crippen molar-refractivity contribution < 1.29 is 4.79 Å². The van der Waals surface area contributed by atoms with E-state index in [4.69, 9.17) is 11.6 Å². The van der Waals surface area contributed by atoms with E-state index in [0.29, 0.717) is 5.02 Å². The molecule has 2 nitrogen and oxygen atoms in total. The highest BCUT2D eigenvalue weighted by Crippen LogP contribution is 2.28. The van der Waals surface area contributed by atoms with Gasteiger partial charge in [-0.3, -0.25) is 9.78 Å². The zero-order valence-corrected chi connectivity index (χ0v) is 12.0. The first-order chi connectivity index (χ1) is 8.97. The summed E-state index contributed by atoms with van der Waals surface area (Å²) in [5.74, 6) is -0.209. The maximum atomic E-state index is 12.0. The van der Waals surface area contributed by atoms with Gasteiger partial charge in [-0.05, 0) is 38.0 Å². The Hall–Kier alpha value is -1.67. The van der Waals surface area contributed by atoms with E-state index in [9.17, 15) is 4.79 Å². The molecule has 1 heterocycles. The fourth-order valence-corrected chi connectivity index (χ4v) is 2.61. The molecule has 0 amide bonds. The SMILES string of the molecule is CC(=O)C(c1cc(C)cc(C)c1)c1cncc(Cl)c1. The lowest BCUT2D eigenvalue weighted by molar-refractivity contribution is -0.117. The highest BCUT2D eigenvalue weighted by atomic mass is 35.5. The topological polar surface area (TPSA) is 30.0 Å². The first kappa shape index (κ1) is 13.8. The van der Waals surface area contributed by atoms with Crippen LogP contribution in [0.25, 0.3) is 0 Å². The van der Waals surface area contributed by atoms with Gasteiger partial charge in [0.1, 0.15) is 5.78 Å². The molecular weight excluding hydrogens is 258 g/mol. The van der Waals surface area contributed by atoms with E-state index in [2.05, 4.69) is 11.1 Å². The molecule has 1 unspecified atom stereocenters. The van der Waals surface area contributed by atoms with E-state index in [-0.39, 0.29) is 11.7 Å². The molecule has 0 saturated carbocycles. The highest BCUT2D eigenvalue weighted by molar-refractivity contribution is 6.30. The van der Waals surface area contributed by atoms with E-state index in [1.165, 1.54) is 0 Å². The summed E-state index contributed by atoms with van der Waals surface area (Å²) in [4.78, 5) is 16.1. The number of benzene rings is 1. The summed E-state index contributed by atoms with van der Waals surface area (Å²) < 4.78 is 0. The number of Topliss-reactive ketones (excluding diaryl/α,β-unsaturated/α-hetero) is 1. The van der Waals surface area contributed by atoms with Gasteiger partial charge in [0.2, 0.25) is 0 Å². The third-order valence-corrected chi connectivity index (χ3v) is 3.25. The summed E-state index contributed by atoms with van der Waals surface area (Å²) in [7, 11) is 0. The van der Waals surface area contributed by atoms with Crippen LogP contribution in [-0.2, 0) is 4.79 Å². The summed E-state index contributed by atoms with van der Waals surface area (Å²) in [6, 6.07) is 7.98. The van der Waals surface area contributed by atoms with Crippen molar-refractivity contribution in [3.8, 4) is 0 Å². The molecule has 98 valence electrons. The molecule has 2 rings (SSSR count). The Balaban J connectivity index is 2.54. The number of nitrogens with zero attached hydrogens (tertiary/aromatic N) is 1. The Kier molecular flexibility index (Phi) is 4.01. The second-order valence-corrected chi connectivity index (χ2v) is 5.34. The van der Waals surface area contributed by atoms with Crippen LogP contribution in [0.2, 0.25) is 5.02 Å². The van der Waals surface area contributed by atoms with E-state index in [0.717, 1.165) is 22.3 Å². The molecule has 2 aromatic rings. The Morgan fingerprint density at radius 2 is 1.68 bits per heavy atom. The second-order valence-electron chi connectivity index (χ2n) is 4.90. The van der Waals surface area contributed by atoms with Gasteiger partial charge in [0.25, 0.3) is 0 Å². The molecule has 0 N–H and O–H groups in total. The summed E-state index contributed by atoms with van der Waals surface area (Å²) in [5.41, 5.74) is 4.13. The predicted octanol–water partition coefficient (Wildman–Crippen LogP) is 4.07. The number of rotatable bonds is 3. The fraction of sp³-hybridized carbons (Fsp3) is 0.250. The van der Waals surface area contributed by atoms with Crippen LogP contribution in [0, 0.1) is 13.8 Å². The fourth-order valence-electron chi connectivity index (χ4n) is 2.42. The number of ketones is 1. The van der Waals surface area contributed by atoms with Crippen molar-refractivity contribution in [1.29, 1.82) is 0 Å². The molecule has 0 saturated heterocycles. The number of carbonyl (C=O) groups is 1. The molecule has 1 atom stereocenters. The Morgan fingerprint density at radius 1 is 1.05 bits per heavy atom. The van der Waals surface area contributed by atoms with Gasteiger partial charge in [0.15, 0.2) is 0 Å². The maximum Gasteiger partial charge on any atom is 0.141 e. The molecule has 1 aromatic carbocycles. The highest BCUT2D eigenvalue weighted by Gasteiger charge is 2.20. The lowest BCUT2D eigenvalue weighted by atomic mass is 9.87. The number of aryl methyl sites for hydroxylation is 2. The minimum Gasteiger partial charge on any atom is -0.299 e. The van der Waals surface area contributed by atoms with Gasteiger partial charge in [-0.1, -0.05) is 40.9 Å². The van der Waals surface area contributed by atoms with Crippen molar-refractivity contribution in [2.24, 2.45) is 0 Å². The summed E-state index contributed by atoms with van der Waals surface area (Å²) >= 11 is 5.97. The van der Waals surface area contributed by atoms with E-state index in [1.807, 2.05) is 26.0 Å². The van der Waals surface area contributed by atoms with Crippen LogP contribution in [-0.4, -0.2) is 10.8 Å². The third-order valence-electron chi connectivity index (χ3n) is 3.04. The standard InChI is InChI=1S/C16H16ClNO/c1-10-4-11(2)6-13(5-10)16(12(3)19)14-7-15(17)9-18-8-14/h4-9,16H,1-3H3. The number of hydrogen-bond acceptors (Lipinski definition) is 2. The van der Waals surface area contributed by atoms with E-state index in [1.54, 1.807) is 25.4 Å². The normalized spacial score (nSPS) is 12.2. The molecule has 0 aliphatic heterocycles. The van der Waals surface area contributed by atoms with Crippen molar-refractivity contribution in [2.75, 3.05) is 0 Å². The average molecular weight is 274 g/mol. The monoisotopic (exact) mass is 273 g/mol. The molecule has 0 aliphatic rings. The van der Waals surface area contributed by atoms with Crippen LogP contribution in [0.15, 0.2) is 36.7 Å². The molecular formula is C16H16ClNO. The first-order valence-electron chi connectivity index (χ1n) is 6.16. The quantitative estimate of drug-likeness (QED) is 0.844. The maximum absolute atomic E-state index is 12.0. The van der Waals surface area contributed by atoms with Gasteiger partial charge in [-0.2, -0.15) is 0 Å². The number of halogens is 1.